The second-order valence-electron chi connectivity index (χ2n) is 16.9. The highest BCUT2D eigenvalue weighted by Gasteiger charge is 2.60. The van der Waals surface area contributed by atoms with Gasteiger partial charge in [0.05, 0.1) is 17.2 Å². The summed E-state index contributed by atoms with van der Waals surface area (Å²) in [6.45, 7) is 6.82. The van der Waals surface area contributed by atoms with Gasteiger partial charge in [0, 0.05) is 48.5 Å². The molecule has 1 N–H and O–H groups in total. The van der Waals surface area contributed by atoms with Gasteiger partial charge in [-0.1, -0.05) is 71.2 Å². The van der Waals surface area contributed by atoms with E-state index in [1.54, 1.807) is 12.1 Å². The third-order valence-electron chi connectivity index (χ3n) is 10.9. The average Bonchev–Trinajstić information content (AvgIpc) is 3.33. The Labute approximate surface area is 448 Å². The Balaban J connectivity index is 1.81. The zero-order valence-electron chi connectivity index (χ0n) is 41.8. The molecule has 0 unspecified atom stereocenters. The fraction of sp³-hybridized carbons (Fsp3) is 0.542. The first-order valence-corrected chi connectivity index (χ1v) is 24.1. The third kappa shape index (κ3) is 16.9. The molecule has 0 amide bonds. The van der Waals surface area contributed by atoms with Crippen molar-refractivity contribution < 1.29 is 114 Å². The minimum Gasteiger partial charge on any atom is -0.463 e. The average molecular weight is 1140 g/mol. The zero-order chi connectivity index (χ0) is 56.2. The number of carbonyl (C=O) groups excluding carboxylic acids is 9. The molecule has 0 saturated carbocycles. The lowest BCUT2D eigenvalue weighted by Gasteiger charge is -2.50. The van der Waals surface area contributed by atoms with Crippen molar-refractivity contribution in [2.45, 2.75) is 151 Å². The molecule has 3 saturated heterocycles. The Kier molecular flexibility index (Phi) is 21.7. The molecule has 2 aromatic carbocycles. The predicted molar refractivity (Wildman–Crippen MR) is 253 cm³/mol. The van der Waals surface area contributed by atoms with Crippen molar-refractivity contribution in [1.82, 2.24) is 0 Å². The van der Waals surface area contributed by atoms with Crippen LogP contribution in [0.2, 0.25) is 0 Å². The number of nitrogens with one attached hydrogen (secondary N) is 1. The van der Waals surface area contributed by atoms with E-state index in [4.69, 9.17) is 111 Å². The summed E-state index contributed by atoms with van der Waals surface area (Å²) in [5.41, 5.74) is -0.171. The quantitative estimate of drug-likeness (QED) is 0.0733. The lowest BCUT2D eigenvalue weighted by Crippen LogP contribution is -2.69. The molecule has 28 heteroatoms. The Hall–Kier alpha value is -6.19. The van der Waals surface area contributed by atoms with Crippen LogP contribution in [0.3, 0.4) is 0 Å². The number of ether oxygens (including phenoxy) is 15. The lowest BCUT2D eigenvalue weighted by atomic mass is 9.95. The summed E-state index contributed by atoms with van der Waals surface area (Å²) in [5.74, 6) is -10.0. The Morgan fingerprint density at radius 3 is 1.24 bits per heavy atom. The number of alkyl halides is 3. The van der Waals surface area contributed by atoms with Crippen LogP contribution in [0.4, 0.5) is 0 Å². The lowest BCUT2D eigenvalue weighted by molar-refractivity contribution is -0.380. The van der Waals surface area contributed by atoms with Gasteiger partial charge in [-0.05, 0) is 31.2 Å². The summed E-state index contributed by atoms with van der Waals surface area (Å²) in [5, 5.41) is 8.58. The van der Waals surface area contributed by atoms with Crippen LogP contribution >= 0.6 is 34.8 Å². The molecule has 0 spiro atoms. The maximum atomic E-state index is 14.2. The van der Waals surface area contributed by atoms with Crippen LogP contribution in [0.1, 0.15) is 76.1 Å². The Morgan fingerprint density at radius 2 is 0.789 bits per heavy atom. The van der Waals surface area contributed by atoms with E-state index in [2.05, 4.69) is 0 Å². The first kappa shape index (κ1) is 60.7. The monoisotopic (exact) mass is 1130 g/mol. The maximum absolute atomic E-state index is 14.2. The van der Waals surface area contributed by atoms with Gasteiger partial charge in [-0.15, -0.1) is 0 Å². The van der Waals surface area contributed by atoms with Crippen LogP contribution in [0.15, 0.2) is 60.7 Å². The van der Waals surface area contributed by atoms with Gasteiger partial charge in [-0.25, -0.2) is 9.59 Å². The second-order valence-corrected chi connectivity index (χ2v) is 19.2. The number of esters is 9. The molecule has 2 aromatic rings. The molecular weight excluding hydrogens is 1080 g/mol. The molecule has 3 aliphatic heterocycles. The van der Waals surface area contributed by atoms with Crippen LogP contribution in [-0.2, 0) is 105 Å². The summed E-state index contributed by atoms with van der Waals surface area (Å²) in [6, 6.07) is 14.6. The molecule has 0 radical (unpaired) electrons. The van der Waals surface area contributed by atoms with Crippen LogP contribution in [-0.4, -0.2) is 169 Å². The van der Waals surface area contributed by atoms with Crippen LogP contribution in [0.25, 0.3) is 0 Å². The summed E-state index contributed by atoms with van der Waals surface area (Å²) in [6.07, 6.45) is -28.0. The van der Waals surface area contributed by atoms with Crippen molar-refractivity contribution in [2.24, 2.45) is 0 Å². The number of rotatable bonds is 18. The van der Waals surface area contributed by atoms with Crippen molar-refractivity contribution in [3.8, 4) is 0 Å². The van der Waals surface area contributed by atoms with E-state index in [1.165, 1.54) is 55.5 Å². The molecule has 3 fully saturated rings. The highest BCUT2D eigenvalue weighted by molar-refractivity contribution is 6.76. The largest absolute Gasteiger partial charge is 0.463 e. The van der Waals surface area contributed by atoms with Crippen molar-refractivity contribution in [2.75, 3.05) is 13.2 Å². The molecule has 15 atom stereocenters. The van der Waals surface area contributed by atoms with E-state index < -0.39 is 169 Å². The van der Waals surface area contributed by atoms with Crippen molar-refractivity contribution in [3.63, 3.8) is 0 Å². The second kappa shape index (κ2) is 27.2. The molecule has 0 bridgehead atoms. The molecule has 76 heavy (non-hydrogen) atoms. The van der Waals surface area contributed by atoms with Crippen LogP contribution in [0.5, 0.6) is 0 Å². The van der Waals surface area contributed by atoms with E-state index in [0.29, 0.717) is 0 Å². The molecule has 3 aliphatic rings. The van der Waals surface area contributed by atoms with E-state index in [1.807, 2.05) is 0 Å². The van der Waals surface area contributed by atoms with E-state index in [-0.39, 0.29) is 11.1 Å². The molecule has 5 rings (SSSR count). The molecule has 25 nitrogen and oxygen atoms in total. The molecule has 0 aromatic heterocycles. The normalized spacial score (nSPS) is 29.2. The van der Waals surface area contributed by atoms with Gasteiger partial charge in [-0.2, -0.15) is 0 Å². The fourth-order valence-electron chi connectivity index (χ4n) is 7.96. The van der Waals surface area contributed by atoms with Gasteiger partial charge < -0.3 is 71.1 Å². The van der Waals surface area contributed by atoms with Gasteiger partial charge in [0.2, 0.25) is 12.2 Å². The summed E-state index contributed by atoms with van der Waals surface area (Å²) in [4.78, 5) is 117. The van der Waals surface area contributed by atoms with Gasteiger partial charge in [0.15, 0.2) is 55.3 Å². The Morgan fingerprint density at radius 1 is 0.434 bits per heavy atom. The Bertz CT molecular complexity index is 2420. The highest BCUT2D eigenvalue weighted by Crippen LogP contribution is 2.40. The van der Waals surface area contributed by atoms with E-state index >= 15 is 0 Å². The molecule has 416 valence electrons. The molecular formula is C48H54Cl3NO24. The van der Waals surface area contributed by atoms with Gasteiger partial charge in [-0.3, -0.25) is 39.0 Å². The molecule has 0 aliphatic carbocycles. The summed E-state index contributed by atoms with van der Waals surface area (Å²) < 4.78 is 86.1. The predicted octanol–water partition coefficient (Wildman–Crippen LogP) is 3.55. The first-order valence-electron chi connectivity index (χ1n) is 23.0. The fourth-order valence-corrected chi connectivity index (χ4v) is 8.10. The summed E-state index contributed by atoms with van der Waals surface area (Å²) >= 11 is 18.2. The highest BCUT2D eigenvalue weighted by atomic mass is 35.6. The maximum Gasteiger partial charge on any atom is 0.338 e. The molecule has 3 heterocycles. The summed E-state index contributed by atoms with van der Waals surface area (Å²) in [7, 11) is 0. The smallest absolute Gasteiger partial charge is 0.338 e. The third-order valence-corrected chi connectivity index (χ3v) is 11.4. The van der Waals surface area contributed by atoms with Gasteiger partial charge in [0.1, 0.15) is 37.6 Å². The van der Waals surface area contributed by atoms with Crippen molar-refractivity contribution in [1.29, 1.82) is 5.41 Å². The topological polar surface area (TPSA) is 316 Å². The van der Waals surface area contributed by atoms with Gasteiger partial charge >= 0.3 is 53.7 Å². The number of benzene rings is 2. The van der Waals surface area contributed by atoms with Gasteiger partial charge in [0.25, 0.3) is 3.79 Å². The van der Waals surface area contributed by atoms with Crippen molar-refractivity contribution >= 4 is 94.4 Å². The minimum absolute atomic E-state index is 0.0670. The number of hydrogen-bond acceptors (Lipinski definition) is 25. The number of halogens is 3. The number of carbonyl (C=O) groups is 9. The minimum atomic E-state index is -2.63. The van der Waals surface area contributed by atoms with Crippen LogP contribution in [0, 0.1) is 5.41 Å². The SMILES string of the molecule is CC(=O)OC[C@H]1O[C@@H](O[C@H]2[C@H](O[C@@H]3O[C@@H](C)[C@@H](OC(C)=O)[C@@H](OC(C)=O)[C@@H]3OC(C)=O)[C@@H](OC(=O)c3ccccc3)[C@@H](OC(=N)C(Cl)(Cl)Cl)O[C@@H]2COC(C)=O)[C@@H](OC(=O)c2ccccc2)[C@@H](OC(C)=O)[C@@H]1OC(C)=O. The van der Waals surface area contributed by atoms with Crippen LogP contribution < -0.4 is 0 Å². The van der Waals surface area contributed by atoms with Crippen molar-refractivity contribution in [3.05, 3.63) is 71.8 Å². The zero-order valence-corrected chi connectivity index (χ0v) is 44.0. The standard InChI is InChI=1S/C48H54Cl3NO24/c1-21-33(65-24(4)55)36(67-26(6)57)39(69-28(8)59)44(64-21)75-38-35(32(20-63-23(3)54)71-46(76-47(52)48(49,50)51)41(38)73-43(61)30-17-13-10-14-18-30)74-45-40(72-42(60)29-15-11-9-12-16-29)37(68-27(7)58)34(66-25(5)56)31(70-45)19-62-22(2)53/h9-18,21,31-41,44-46,52H,19-20H2,1-8H3/t21-,31+,32+,33+,34+,35+,36+,37-,38-,39-,40-,41+,44-,45-,46+/m0/s1. The van der Waals surface area contributed by atoms with E-state index in [9.17, 15) is 43.2 Å². The first-order chi connectivity index (χ1) is 35.7. The van der Waals surface area contributed by atoms with E-state index in [0.717, 1.165) is 48.5 Å². The number of hydrogen-bond donors (Lipinski definition) is 1.